The van der Waals surface area contributed by atoms with Gasteiger partial charge in [-0.25, -0.2) is 13.5 Å². The van der Waals surface area contributed by atoms with E-state index in [-0.39, 0.29) is 0 Å². The van der Waals surface area contributed by atoms with Gasteiger partial charge in [0.05, 0.1) is 5.69 Å². The highest BCUT2D eigenvalue weighted by Crippen LogP contribution is 2.25. The van der Waals surface area contributed by atoms with E-state index < -0.39 is 11.6 Å². The molecule has 3 aromatic rings. The predicted molar refractivity (Wildman–Crippen MR) is 105 cm³/mol. The summed E-state index contributed by atoms with van der Waals surface area (Å²) in [6.07, 6.45) is 1.46. The van der Waals surface area contributed by atoms with E-state index >= 15 is 0 Å². The molecule has 0 radical (unpaired) electrons. The number of benzene rings is 2. The molecule has 28 heavy (non-hydrogen) atoms. The summed E-state index contributed by atoms with van der Waals surface area (Å²) in [6, 6.07) is 9.89. The molecule has 2 aromatic carbocycles. The number of piperazine rings is 1. The van der Waals surface area contributed by atoms with Crippen LogP contribution in [0.15, 0.2) is 42.7 Å². The first-order valence-corrected chi connectivity index (χ1v) is 9.17. The highest BCUT2D eigenvalue weighted by Gasteiger charge is 2.15. The van der Waals surface area contributed by atoms with E-state index in [0.717, 1.165) is 55.2 Å². The van der Waals surface area contributed by atoms with E-state index in [4.69, 9.17) is 0 Å². The minimum atomic E-state index is -0.919. The molecule has 1 saturated heterocycles. The lowest BCUT2D eigenvalue weighted by Crippen LogP contribution is -2.44. The first-order valence-electron chi connectivity index (χ1n) is 9.17. The molecule has 1 aliphatic heterocycles. The zero-order valence-electron chi connectivity index (χ0n) is 15.9. The molecule has 0 bridgehead atoms. The van der Waals surface area contributed by atoms with Crippen molar-refractivity contribution < 1.29 is 8.78 Å². The van der Waals surface area contributed by atoms with E-state index in [9.17, 15) is 8.78 Å². The number of aromatic nitrogens is 3. The highest BCUT2D eigenvalue weighted by atomic mass is 19.2. The molecule has 0 saturated carbocycles. The van der Waals surface area contributed by atoms with Crippen molar-refractivity contribution in [2.45, 2.75) is 6.92 Å². The Morgan fingerprint density at radius 1 is 0.929 bits per heavy atom. The number of hydrogen-bond donors (Lipinski definition) is 1. The van der Waals surface area contributed by atoms with Crippen LogP contribution >= 0.6 is 0 Å². The fourth-order valence-corrected chi connectivity index (χ4v) is 3.28. The van der Waals surface area contributed by atoms with Crippen molar-refractivity contribution in [1.29, 1.82) is 0 Å². The van der Waals surface area contributed by atoms with Crippen LogP contribution in [0.5, 0.6) is 0 Å². The predicted octanol–water partition coefficient (Wildman–Crippen LogP) is 3.35. The molecule has 1 N–H and O–H groups in total. The third-order valence-electron chi connectivity index (χ3n) is 4.85. The monoisotopic (exact) mass is 384 g/mol. The maximum absolute atomic E-state index is 13.4. The number of aryl methyl sites for hydroxylation is 1. The number of hydrogen-bond acceptors (Lipinski definition) is 5. The molecule has 0 atom stereocenters. The molecule has 8 heteroatoms. The first-order chi connectivity index (χ1) is 13.5. The second kappa shape index (κ2) is 7.55. The van der Waals surface area contributed by atoms with Crippen molar-refractivity contribution in [3.8, 4) is 5.69 Å². The Hall–Kier alpha value is -3.00. The normalized spacial score (nSPS) is 15.1. The van der Waals surface area contributed by atoms with Gasteiger partial charge in [-0.2, -0.15) is 4.98 Å². The summed E-state index contributed by atoms with van der Waals surface area (Å²) in [4.78, 5) is 8.91. The lowest BCUT2D eigenvalue weighted by Gasteiger charge is -2.34. The van der Waals surface area contributed by atoms with Crippen LogP contribution in [0.2, 0.25) is 0 Å². The number of halogens is 2. The summed E-state index contributed by atoms with van der Waals surface area (Å²) < 4.78 is 28.0. The van der Waals surface area contributed by atoms with Crippen LogP contribution < -0.4 is 10.2 Å². The van der Waals surface area contributed by atoms with Crippen molar-refractivity contribution in [3.05, 3.63) is 59.9 Å². The summed E-state index contributed by atoms with van der Waals surface area (Å²) in [5.74, 6) is -1.42. The van der Waals surface area contributed by atoms with Crippen LogP contribution in [0.3, 0.4) is 0 Å². The van der Waals surface area contributed by atoms with Crippen LogP contribution in [0.4, 0.5) is 26.1 Å². The van der Waals surface area contributed by atoms with Crippen LogP contribution in [0.1, 0.15) is 5.56 Å². The van der Waals surface area contributed by atoms with Crippen molar-refractivity contribution in [2.24, 2.45) is 0 Å². The van der Waals surface area contributed by atoms with Gasteiger partial charge in [-0.3, -0.25) is 0 Å². The van der Waals surface area contributed by atoms with Gasteiger partial charge in [0.25, 0.3) is 0 Å². The van der Waals surface area contributed by atoms with Crippen LogP contribution in [-0.4, -0.2) is 52.9 Å². The molecular formula is C20H22F2N6. The number of anilines is 3. The topological polar surface area (TPSA) is 49.2 Å². The molecule has 1 fully saturated rings. The molecule has 0 unspecified atom stereocenters. The summed E-state index contributed by atoms with van der Waals surface area (Å²) in [6.45, 7) is 6.11. The van der Waals surface area contributed by atoms with Crippen molar-refractivity contribution in [1.82, 2.24) is 19.7 Å². The first kappa shape index (κ1) is 18.4. The fourth-order valence-electron chi connectivity index (χ4n) is 3.28. The van der Waals surface area contributed by atoms with Gasteiger partial charge in [0, 0.05) is 43.6 Å². The average Bonchev–Trinajstić information content (AvgIpc) is 3.12. The van der Waals surface area contributed by atoms with E-state index in [0.29, 0.717) is 11.6 Å². The largest absolute Gasteiger partial charge is 0.369 e. The van der Waals surface area contributed by atoms with Gasteiger partial charge < -0.3 is 15.1 Å². The van der Waals surface area contributed by atoms with E-state index in [1.165, 1.54) is 17.1 Å². The van der Waals surface area contributed by atoms with Crippen molar-refractivity contribution in [3.63, 3.8) is 0 Å². The summed E-state index contributed by atoms with van der Waals surface area (Å²) in [5, 5.41) is 7.51. The minimum absolute atomic E-state index is 0.389. The van der Waals surface area contributed by atoms with E-state index in [2.05, 4.69) is 51.3 Å². The fraction of sp³-hybridized carbons (Fsp3) is 0.300. The quantitative estimate of drug-likeness (QED) is 0.748. The number of likely N-dealkylation sites (N-methyl/N-ethyl adjacent to an activating group) is 1. The summed E-state index contributed by atoms with van der Waals surface area (Å²) >= 11 is 0. The Bertz CT molecular complexity index is 979. The summed E-state index contributed by atoms with van der Waals surface area (Å²) in [5.41, 5.74) is 3.59. The second-order valence-electron chi connectivity index (χ2n) is 7.08. The van der Waals surface area contributed by atoms with E-state index in [1.807, 2.05) is 6.07 Å². The molecule has 6 nitrogen and oxygen atoms in total. The van der Waals surface area contributed by atoms with Crippen LogP contribution in [-0.2, 0) is 0 Å². The van der Waals surface area contributed by atoms with Crippen LogP contribution in [0.25, 0.3) is 5.69 Å². The van der Waals surface area contributed by atoms with Gasteiger partial charge in [0.15, 0.2) is 11.6 Å². The van der Waals surface area contributed by atoms with Gasteiger partial charge >= 0.3 is 0 Å². The molecule has 146 valence electrons. The Kier molecular flexibility index (Phi) is 4.95. The third-order valence-corrected chi connectivity index (χ3v) is 4.85. The second-order valence-corrected chi connectivity index (χ2v) is 7.08. The number of nitrogens with zero attached hydrogens (tertiary/aromatic N) is 5. The van der Waals surface area contributed by atoms with Crippen molar-refractivity contribution in [2.75, 3.05) is 43.4 Å². The lowest BCUT2D eigenvalue weighted by atomic mass is 10.1. The number of nitrogens with one attached hydrogen (secondary N) is 1. The molecule has 2 heterocycles. The molecule has 0 amide bonds. The van der Waals surface area contributed by atoms with Gasteiger partial charge in [0.2, 0.25) is 5.95 Å². The van der Waals surface area contributed by atoms with Gasteiger partial charge in [0.1, 0.15) is 6.33 Å². The molecule has 1 aromatic heterocycles. The third kappa shape index (κ3) is 3.96. The van der Waals surface area contributed by atoms with Crippen LogP contribution in [0, 0.1) is 18.6 Å². The maximum Gasteiger partial charge on any atom is 0.246 e. The van der Waals surface area contributed by atoms with Gasteiger partial charge in [-0.1, -0.05) is 0 Å². The molecular weight excluding hydrogens is 362 g/mol. The molecule has 4 rings (SSSR count). The minimum Gasteiger partial charge on any atom is -0.369 e. The van der Waals surface area contributed by atoms with Crippen molar-refractivity contribution >= 4 is 17.3 Å². The maximum atomic E-state index is 13.4. The Labute approximate surface area is 162 Å². The Balaban J connectivity index is 1.53. The zero-order valence-corrected chi connectivity index (χ0v) is 15.9. The molecule has 0 aliphatic carbocycles. The standard InChI is InChI=1S/C20H22F2N6/c1-14-9-15(11-17(10-14)27-7-5-26(2)6-8-27)24-20-23-13-28(25-20)16-3-4-18(21)19(22)12-16/h3-4,9-13H,5-8H2,1-2H3,(H,24,25). The number of rotatable bonds is 4. The van der Waals surface area contributed by atoms with Gasteiger partial charge in [-0.05, 0) is 49.9 Å². The van der Waals surface area contributed by atoms with Gasteiger partial charge in [-0.15, -0.1) is 5.10 Å². The SMILES string of the molecule is Cc1cc(Nc2ncn(-c3ccc(F)c(F)c3)n2)cc(N2CCN(C)CC2)c1. The molecule has 1 aliphatic rings. The highest BCUT2D eigenvalue weighted by molar-refractivity contribution is 5.64. The zero-order chi connectivity index (χ0) is 19.7. The Morgan fingerprint density at radius 2 is 1.71 bits per heavy atom. The molecule has 0 spiro atoms. The Morgan fingerprint density at radius 3 is 2.46 bits per heavy atom. The van der Waals surface area contributed by atoms with E-state index in [1.54, 1.807) is 0 Å². The smallest absolute Gasteiger partial charge is 0.246 e. The average molecular weight is 384 g/mol. The summed E-state index contributed by atoms with van der Waals surface area (Å²) in [7, 11) is 2.13. The lowest BCUT2D eigenvalue weighted by molar-refractivity contribution is 0.313.